The average Bonchev–Trinajstić information content (AvgIpc) is 2.43. The predicted octanol–water partition coefficient (Wildman–Crippen LogP) is 3.58. The summed E-state index contributed by atoms with van der Waals surface area (Å²) in [4.78, 5) is 26.6. The van der Waals surface area contributed by atoms with E-state index in [0.29, 0.717) is 12.8 Å². The Morgan fingerprint density at radius 3 is 2.33 bits per heavy atom. The summed E-state index contributed by atoms with van der Waals surface area (Å²) in [5.41, 5.74) is 0. The zero-order valence-electron chi connectivity index (χ0n) is 10.5. The molecule has 0 aliphatic heterocycles. The van der Waals surface area contributed by atoms with Crippen molar-refractivity contribution in [1.82, 2.24) is 0 Å². The maximum absolute atomic E-state index is 11.6. The minimum absolute atomic E-state index is 0.140. The Kier molecular flexibility index (Phi) is 7.80. The lowest BCUT2D eigenvalue weighted by atomic mass is 9.95. The Morgan fingerprint density at radius 2 is 1.67 bits per heavy atom. The van der Waals surface area contributed by atoms with Gasteiger partial charge in [-0.1, -0.05) is 25.7 Å². The minimum atomic E-state index is -0.282. The van der Waals surface area contributed by atoms with Gasteiger partial charge in [0.25, 0.3) is 0 Å². The minimum Gasteiger partial charge on any atom is -0.394 e. The highest BCUT2D eigenvalue weighted by molar-refractivity contribution is 7.75. The van der Waals surface area contributed by atoms with E-state index in [1.54, 1.807) is 0 Å². The van der Waals surface area contributed by atoms with Gasteiger partial charge < -0.3 is 9.02 Å². The summed E-state index contributed by atoms with van der Waals surface area (Å²) in [7, 11) is 0. The molecule has 0 aromatic rings. The fraction of sp³-hybridized carbons (Fsp3) is 0.917. The number of rotatable bonds is 3. The summed E-state index contributed by atoms with van der Waals surface area (Å²) >= 11 is 3.57. The molecule has 0 saturated heterocycles. The molecule has 1 aliphatic rings. The molecule has 2 unspecified atom stereocenters. The molecule has 2 atom stereocenters. The lowest BCUT2D eigenvalue weighted by Gasteiger charge is -2.16. The molecule has 1 fully saturated rings. The number of thiol groups is 1. The highest BCUT2D eigenvalue weighted by Gasteiger charge is 2.22. The second-order valence-corrected chi connectivity index (χ2v) is 5.01. The fourth-order valence-corrected chi connectivity index (χ4v) is 2.59. The standard InChI is InChI=1S/C12H21NO4S/c14-12(17-18)10-6-4-2-1-3-5-7-11(9-8-10)16-13-15/h10-11,18H,1-9H2. The van der Waals surface area contributed by atoms with E-state index in [9.17, 15) is 9.70 Å². The Balaban J connectivity index is 2.53. The summed E-state index contributed by atoms with van der Waals surface area (Å²) in [6.07, 6.45) is 8.31. The van der Waals surface area contributed by atoms with Crippen LogP contribution >= 0.6 is 12.9 Å². The van der Waals surface area contributed by atoms with Crippen molar-refractivity contribution < 1.29 is 13.8 Å². The monoisotopic (exact) mass is 275 g/mol. The van der Waals surface area contributed by atoms with Crippen LogP contribution < -0.4 is 0 Å². The van der Waals surface area contributed by atoms with Crippen LogP contribution in [0.15, 0.2) is 5.34 Å². The van der Waals surface area contributed by atoms with Crippen LogP contribution in [0.2, 0.25) is 0 Å². The average molecular weight is 275 g/mol. The van der Waals surface area contributed by atoms with Crippen molar-refractivity contribution in [3.8, 4) is 0 Å². The van der Waals surface area contributed by atoms with Crippen molar-refractivity contribution in [2.24, 2.45) is 11.3 Å². The largest absolute Gasteiger partial charge is 0.394 e. The Bertz CT molecular complexity index is 262. The molecule has 1 aliphatic carbocycles. The van der Waals surface area contributed by atoms with Crippen LogP contribution in [0.3, 0.4) is 0 Å². The summed E-state index contributed by atoms with van der Waals surface area (Å²) in [5.74, 6) is -0.422. The van der Waals surface area contributed by atoms with E-state index in [1.165, 1.54) is 0 Å². The number of hydrogen-bond acceptors (Lipinski definition) is 6. The van der Waals surface area contributed by atoms with E-state index in [4.69, 9.17) is 4.84 Å². The molecule has 0 radical (unpaired) electrons. The quantitative estimate of drug-likeness (QED) is 0.370. The molecule has 0 heterocycles. The topological polar surface area (TPSA) is 65.0 Å². The van der Waals surface area contributed by atoms with Crippen molar-refractivity contribution in [3.05, 3.63) is 4.91 Å². The summed E-state index contributed by atoms with van der Waals surface area (Å²) in [5, 5.41) is 2.52. The highest BCUT2D eigenvalue weighted by Crippen LogP contribution is 2.24. The zero-order valence-corrected chi connectivity index (χ0v) is 11.4. The third kappa shape index (κ3) is 5.71. The lowest BCUT2D eigenvalue weighted by Crippen LogP contribution is -2.18. The van der Waals surface area contributed by atoms with Gasteiger partial charge in [-0.15, -0.1) is 4.91 Å². The smallest absolute Gasteiger partial charge is 0.320 e. The van der Waals surface area contributed by atoms with Crippen molar-refractivity contribution >= 4 is 18.9 Å². The van der Waals surface area contributed by atoms with Gasteiger partial charge in [-0.25, -0.2) is 0 Å². The summed E-state index contributed by atoms with van der Waals surface area (Å²) in [6, 6.07) is 0. The SMILES string of the molecule is O=NOC1CCCCCCCC(C(=O)OS)CC1. The van der Waals surface area contributed by atoms with E-state index in [0.717, 1.165) is 44.9 Å². The molecule has 0 amide bonds. The van der Waals surface area contributed by atoms with Gasteiger partial charge in [0.15, 0.2) is 5.34 Å². The van der Waals surface area contributed by atoms with Gasteiger partial charge in [0, 0.05) is 12.9 Å². The Labute approximate surface area is 113 Å². The molecule has 1 saturated carbocycles. The lowest BCUT2D eigenvalue weighted by molar-refractivity contribution is -0.138. The van der Waals surface area contributed by atoms with Gasteiger partial charge in [-0.05, 0) is 32.1 Å². The van der Waals surface area contributed by atoms with Crippen molar-refractivity contribution in [2.75, 3.05) is 0 Å². The number of nitrogens with zero attached hydrogens (tertiary/aromatic N) is 1. The highest BCUT2D eigenvalue weighted by atomic mass is 32.1. The van der Waals surface area contributed by atoms with Gasteiger partial charge in [-0.2, -0.15) is 0 Å². The molecule has 0 aromatic heterocycles. The molecule has 0 bridgehead atoms. The van der Waals surface area contributed by atoms with Gasteiger partial charge in [-0.3, -0.25) is 4.79 Å². The molecule has 6 heteroatoms. The first-order valence-corrected chi connectivity index (χ1v) is 6.98. The van der Waals surface area contributed by atoms with E-state index in [2.05, 4.69) is 22.4 Å². The zero-order chi connectivity index (χ0) is 13.2. The molecule has 18 heavy (non-hydrogen) atoms. The van der Waals surface area contributed by atoms with Crippen molar-refractivity contribution in [1.29, 1.82) is 0 Å². The van der Waals surface area contributed by atoms with E-state index in [1.807, 2.05) is 0 Å². The van der Waals surface area contributed by atoms with Crippen LogP contribution in [0.1, 0.15) is 57.8 Å². The van der Waals surface area contributed by atoms with Crippen LogP contribution in [0, 0.1) is 10.8 Å². The second-order valence-electron chi connectivity index (χ2n) is 4.83. The predicted molar refractivity (Wildman–Crippen MR) is 70.8 cm³/mol. The van der Waals surface area contributed by atoms with Gasteiger partial charge in [0.05, 0.1) is 5.92 Å². The van der Waals surface area contributed by atoms with Gasteiger partial charge >= 0.3 is 5.97 Å². The molecule has 0 N–H and O–H groups in total. The molecule has 0 aromatic carbocycles. The fourth-order valence-electron chi connectivity index (χ4n) is 2.45. The number of hydrogen-bond donors (Lipinski definition) is 1. The van der Waals surface area contributed by atoms with Crippen LogP contribution in [0.4, 0.5) is 0 Å². The van der Waals surface area contributed by atoms with Gasteiger partial charge in [0.2, 0.25) is 0 Å². The molecule has 5 nitrogen and oxygen atoms in total. The van der Waals surface area contributed by atoms with Gasteiger partial charge in [0.1, 0.15) is 6.10 Å². The summed E-state index contributed by atoms with van der Waals surface area (Å²) in [6.45, 7) is 0. The van der Waals surface area contributed by atoms with Crippen LogP contribution in [-0.2, 0) is 13.8 Å². The molecular formula is C12H21NO4S. The van der Waals surface area contributed by atoms with Crippen LogP contribution in [-0.4, -0.2) is 12.1 Å². The second kappa shape index (κ2) is 9.19. The van der Waals surface area contributed by atoms with Crippen molar-refractivity contribution in [2.45, 2.75) is 63.9 Å². The van der Waals surface area contributed by atoms with E-state index in [-0.39, 0.29) is 18.0 Å². The number of carbonyl (C=O) groups is 1. The first-order valence-electron chi connectivity index (χ1n) is 6.61. The maximum Gasteiger partial charge on any atom is 0.320 e. The van der Waals surface area contributed by atoms with Crippen LogP contribution in [0.5, 0.6) is 0 Å². The van der Waals surface area contributed by atoms with Crippen LogP contribution in [0.25, 0.3) is 0 Å². The molecule has 1 rings (SSSR count). The van der Waals surface area contributed by atoms with Crippen molar-refractivity contribution in [3.63, 3.8) is 0 Å². The first kappa shape index (κ1) is 15.3. The first-order chi connectivity index (χ1) is 8.77. The molecule has 104 valence electrons. The third-order valence-electron chi connectivity index (χ3n) is 3.53. The normalized spacial score (nSPS) is 26.7. The molecular weight excluding hydrogens is 254 g/mol. The van der Waals surface area contributed by atoms with E-state index < -0.39 is 0 Å². The Morgan fingerprint density at radius 1 is 1.00 bits per heavy atom. The third-order valence-corrected chi connectivity index (χ3v) is 3.71. The Hall–Kier alpha value is -0.780. The molecule has 0 spiro atoms. The summed E-state index contributed by atoms with van der Waals surface area (Å²) < 4.78 is 4.51. The number of carbonyl (C=O) groups excluding carboxylic acids is 1. The van der Waals surface area contributed by atoms with E-state index >= 15 is 0 Å². The maximum atomic E-state index is 11.6.